The van der Waals surface area contributed by atoms with E-state index in [9.17, 15) is 0 Å². The van der Waals surface area contributed by atoms with Crippen LogP contribution in [0.15, 0.2) is 53.6 Å². The number of hydrazone groups is 1. The quantitative estimate of drug-likeness (QED) is 0.341. The van der Waals surface area contributed by atoms with E-state index in [-0.39, 0.29) is 0 Å². The molecule has 0 unspecified atom stereocenters. The average molecular weight is 424 g/mol. The smallest absolute Gasteiger partial charge is 0.191 e. The summed E-state index contributed by atoms with van der Waals surface area (Å²) in [5, 5.41) is 12.3. The summed E-state index contributed by atoms with van der Waals surface area (Å²) >= 11 is 5.32. The van der Waals surface area contributed by atoms with Gasteiger partial charge in [0.2, 0.25) is 0 Å². The first kappa shape index (κ1) is 21.3. The molecule has 0 saturated carbocycles. The van der Waals surface area contributed by atoms with Gasteiger partial charge in [-0.3, -0.25) is 10.1 Å². The van der Waals surface area contributed by atoms with E-state index in [1.807, 2.05) is 42.8 Å². The van der Waals surface area contributed by atoms with Gasteiger partial charge >= 0.3 is 0 Å². The van der Waals surface area contributed by atoms with Gasteiger partial charge in [0.1, 0.15) is 0 Å². The van der Waals surface area contributed by atoms with E-state index < -0.39 is 0 Å². The zero-order valence-corrected chi connectivity index (χ0v) is 18.3. The molecule has 0 radical (unpaired) electrons. The van der Waals surface area contributed by atoms with E-state index >= 15 is 0 Å². The molecule has 8 heteroatoms. The van der Waals surface area contributed by atoms with E-state index in [2.05, 4.69) is 33.1 Å². The second-order valence-electron chi connectivity index (χ2n) is 6.62. The van der Waals surface area contributed by atoms with Crippen molar-refractivity contribution in [2.45, 2.75) is 20.4 Å². The fraction of sp³-hybridized carbons (Fsp3) is 0.227. The maximum atomic E-state index is 5.32. The number of methoxy groups -OCH3 is 2. The lowest BCUT2D eigenvalue weighted by atomic mass is 10.2. The number of thiocarbonyl (C=S) groups is 1. The van der Waals surface area contributed by atoms with Gasteiger partial charge in [-0.1, -0.05) is 30.3 Å². The third-order valence-corrected chi connectivity index (χ3v) is 4.81. The Hall–Kier alpha value is -3.39. The largest absolute Gasteiger partial charge is 0.493 e. The zero-order valence-electron chi connectivity index (χ0n) is 17.5. The Kier molecular flexibility index (Phi) is 7.03. The van der Waals surface area contributed by atoms with Crippen molar-refractivity contribution < 1.29 is 9.47 Å². The van der Waals surface area contributed by atoms with Crippen molar-refractivity contribution in [3.8, 4) is 11.5 Å². The number of ether oxygens (including phenoxy) is 2. The molecule has 0 spiro atoms. The molecule has 156 valence electrons. The van der Waals surface area contributed by atoms with Gasteiger partial charge in [-0.2, -0.15) is 10.2 Å². The topological polar surface area (TPSA) is 72.7 Å². The molecule has 3 aromatic rings. The minimum Gasteiger partial charge on any atom is -0.493 e. The molecule has 2 aromatic carbocycles. The minimum atomic E-state index is 0.366. The molecular weight excluding hydrogens is 398 g/mol. The van der Waals surface area contributed by atoms with Gasteiger partial charge in [-0.05, 0) is 43.8 Å². The van der Waals surface area contributed by atoms with Crippen LogP contribution in [0.4, 0.5) is 5.69 Å². The first-order valence-electron chi connectivity index (χ1n) is 9.42. The van der Waals surface area contributed by atoms with E-state index in [0.29, 0.717) is 23.2 Å². The van der Waals surface area contributed by atoms with E-state index in [1.54, 1.807) is 32.6 Å². The molecule has 7 nitrogen and oxygen atoms in total. The van der Waals surface area contributed by atoms with E-state index in [1.165, 1.54) is 5.56 Å². The standard InChI is InChI=1S/C22H25N5O2S/c1-15-19(16(2)27(26-15)14-17-8-6-5-7-9-17)13-23-25-22(30)24-18-10-11-20(28-3)21(12-18)29-4/h5-13H,14H2,1-4H3,(H2,24,25,30)/b23-13-. The maximum Gasteiger partial charge on any atom is 0.191 e. The predicted molar refractivity (Wildman–Crippen MR) is 124 cm³/mol. The zero-order chi connectivity index (χ0) is 21.5. The summed E-state index contributed by atoms with van der Waals surface area (Å²) in [5.74, 6) is 1.27. The average Bonchev–Trinajstić information content (AvgIpc) is 3.01. The summed E-state index contributed by atoms with van der Waals surface area (Å²) in [6, 6.07) is 15.7. The number of benzene rings is 2. The fourth-order valence-electron chi connectivity index (χ4n) is 3.04. The van der Waals surface area contributed by atoms with Gasteiger partial charge in [0.15, 0.2) is 16.6 Å². The van der Waals surface area contributed by atoms with Crippen LogP contribution in [0.5, 0.6) is 11.5 Å². The first-order valence-corrected chi connectivity index (χ1v) is 9.82. The van der Waals surface area contributed by atoms with Crippen LogP contribution in [0, 0.1) is 13.8 Å². The van der Waals surface area contributed by atoms with Crippen LogP contribution in [0.25, 0.3) is 0 Å². The summed E-state index contributed by atoms with van der Waals surface area (Å²) < 4.78 is 12.5. The number of aryl methyl sites for hydroxylation is 1. The van der Waals surface area contributed by atoms with Crippen LogP contribution >= 0.6 is 12.2 Å². The van der Waals surface area contributed by atoms with Gasteiger partial charge in [-0.25, -0.2) is 0 Å². The summed E-state index contributed by atoms with van der Waals surface area (Å²) in [6.45, 7) is 4.72. The lowest BCUT2D eigenvalue weighted by molar-refractivity contribution is 0.355. The van der Waals surface area contributed by atoms with Gasteiger partial charge in [0, 0.05) is 23.0 Å². The molecule has 1 heterocycles. The highest BCUT2D eigenvalue weighted by molar-refractivity contribution is 7.80. The van der Waals surface area contributed by atoms with Crippen LogP contribution < -0.4 is 20.2 Å². The third kappa shape index (κ3) is 5.15. The van der Waals surface area contributed by atoms with E-state index in [0.717, 1.165) is 22.6 Å². The Morgan fingerprint density at radius 1 is 1.10 bits per heavy atom. The highest BCUT2D eigenvalue weighted by Gasteiger charge is 2.10. The van der Waals surface area contributed by atoms with Crippen molar-refractivity contribution in [1.82, 2.24) is 15.2 Å². The summed E-state index contributed by atoms with van der Waals surface area (Å²) in [4.78, 5) is 0. The maximum absolute atomic E-state index is 5.32. The normalized spacial score (nSPS) is 10.8. The second kappa shape index (κ2) is 9.89. The molecule has 0 aliphatic carbocycles. The van der Waals surface area contributed by atoms with Crippen molar-refractivity contribution in [1.29, 1.82) is 0 Å². The molecule has 0 fully saturated rings. The Balaban J connectivity index is 1.63. The van der Waals surface area contributed by atoms with Crippen LogP contribution in [0.1, 0.15) is 22.5 Å². The van der Waals surface area contributed by atoms with E-state index in [4.69, 9.17) is 21.7 Å². The third-order valence-electron chi connectivity index (χ3n) is 4.61. The molecule has 3 rings (SSSR count). The number of anilines is 1. The van der Waals surface area contributed by atoms with Crippen LogP contribution in [0.2, 0.25) is 0 Å². The first-order chi connectivity index (χ1) is 14.5. The van der Waals surface area contributed by atoms with Crippen molar-refractivity contribution >= 4 is 29.2 Å². The molecule has 1 aromatic heterocycles. The van der Waals surface area contributed by atoms with Crippen LogP contribution in [0.3, 0.4) is 0 Å². The molecule has 0 aliphatic rings. The number of aromatic nitrogens is 2. The molecule has 0 atom stereocenters. The second-order valence-corrected chi connectivity index (χ2v) is 7.03. The number of hydrogen-bond acceptors (Lipinski definition) is 5. The fourth-order valence-corrected chi connectivity index (χ4v) is 3.21. The van der Waals surface area contributed by atoms with Gasteiger partial charge < -0.3 is 14.8 Å². The summed E-state index contributed by atoms with van der Waals surface area (Å²) in [6.07, 6.45) is 1.74. The lowest BCUT2D eigenvalue weighted by Gasteiger charge is -2.11. The number of rotatable bonds is 7. The van der Waals surface area contributed by atoms with Crippen molar-refractivity contribution in [2.75, 3.05) is 19.5 Å². The number of hydrogen-bond donors (Lipinski definition) is 2. The minimum absolute atomic E-state index is 0.366. The molecule has 0 saturated heterocycles. The Bertz CT molecular complexity index is 1050. The highest BCUT2D eigenvalue weighted by atomic mass is 32.1. The monoisotopic (exact) mass is 423 g/mol. The molecule has 0 bridgehead atoms. The summed E-state index contributed by atoms with van der Waals surface area (Å²) in [7, 11) is 3.18. The van der Waals surface area contributed by atoms with Gasteiger partial charge in [0.05, 0.1) is 32.7 Å². The Labute approximate surface area is 181 Å². The molecule has 2 N–H and O–H groups in total. The Morgan fingerprint density at radius 3 is 2.53 bits per heavy atom. The van der Waals surface area contributed by atoms with Gasteiger partial charge in [-0.15, -0.1) is 0 Å². The Morgan fingerprint density at radius 2 is 1.83 bits per heavy atom. The number of nitrogens with zero attached hydrogens (tertiary/aromatic N) is 3. The molecular formula is C22H25N5O2S. The van der Waals surface area contributed by atoms with Crippen LogP contribution in [-0.2, 0) is 6.54 Å². The molecule has 30 heavy (non-hydrogen) atoms. The van der Waals surface area contributed by atoms with Crippen molar-refractivity contribution in [3.05, 3.63) is 71.0 Å². The number of nitrogens with one attached hydrogen (secondary N) is 2. The van der Waals surface area contributed by atoms with Crippen molar-refractivity contribution in [3.63, 3.8) is 0 Å². The van der Waals surface area contributed by atoms with Crippen LogP contribution in [-0.4, -0.2) is 35.3 Å². The van der Waals surface area contributed by atoms with Crippen molar-refractivity contribution in [2.24, 2.45) is 5.10 Å². The van der Waals surface area contributed by atoms with Gasteiger partial charge in [0.25, 0.3) is 0 Å². The molecule has 0 aliphatic heterocycles. The highest BCUT2D eigenvalue weighted by Crippen LogP contribution is 2.29. The lowest BCUT2D eigenvalue weighted by Crippen LogP contribution is -2.23. The predicted octanol–water partition coefficient (Wildman–Crippen LogP) is 3.89. The molecule has 0 amide bonds. The SMILES string of the molecule is COc1ccc(NC(=S)N/N=C\c2c(C)nn(Cc3ccccc3)c2C)cc1OC. The summed E-state index contributed by atoms with van der Waals surface area (Å²) in [5.41, 5.74) is 7.72.